The zero-order valence-electron chi connectivity index (χ0n) is 11.1. The van der Waals surface area contributed by atoms with Crippen molar-refractivity contribution in [3.05, 3.63) is 21.4 Å². The number of thiophene rings is 1. The van der Waals surface area contributed by atoms with Gasteiger partial charge in [-0.05, 0) is 32.8 Å². The predicted octanol–water partition coefficient (Wildman–Crippen LogP) is 1.88. The molecule has 0 saturated carbocycles. The molecule has 2 rings (SSSR count). The van der Waals surface area contributed by atoms with Gasteiger partial charge in [-0.25, -0.2) is 0 Å². The molecule has 0 fully saturated rings. The molecule has 0 bridgehead atoms. The van der Waals surface area contributed by atoms with Crippen molar-refractivity contribution in [2.45, 2.75) is 33.1 Å². The van der Waals surface area contributed by atoms with Crippen LogP contribution < -0.4 is 5.73 Å². The SMILES string of the molecule is CC(=O)CCC(C(N)=O)C1Cc2sc(C)cc2C1=O. The topological polar surface area (TPSA) is 77.2 Å². The molecule has 2 unspecified atom stereocenters. The van der Waals surface area contributed by atoms with E-state index in [4.69, 9.17) is 5.73 Å². The molecule has 102 valence electrons. The number of carbonyl (C=O) groups excluding carboxylic acids is 3. The highest BCUT2D eigenvalue weighted by atomic mass is 32.1. The normalized spacial score (nSPS) is 19.3. The van der Waals surface area contributed by atoms with Crippen LogP contribution in [0.4, 0.5) is 0 Å². The zero-order chi connectivity index (χ0) is 14.2. The van der Waals surface area contributed by atoms with Crippen molar-refractivity contribution < 1.29 is 14.4 Å². The van der Waals surface area contributed by atoms with Gasteiger partial charge < -0.3 is 10.5 Å². The molecule has 0 aromatic carbocycles. The summed E-state index contributed by atoms with van der Waals surface area (Å²) in [5.74, 6) is -1.37. The summed E-state index contributed by atoms with van der Waals surface area (Å²) < 4.78 is 0. The van der Waals surface area contributed by atoms with Gasteiger partial charge in [-0.15, -0.1) is 11.3 Å². The van der Waals surface area contributed by atoms with Crippen LogP contribution in [0.3, 0.4) is 0 Å². The van der Waals surface area contributed by atoms with Gasteiger partial charge >= 0.3 is 0 Å². The summed E-state index contributed by atoms with van der Waals surface area (Å²) in [4.78, 5) is 37.1. The number of rotatable bonds is 5. The molecule has 2 N–H and O–H groups in total. The number of amides is 1. The van der Waals surface area contributed by atoms with Crippen molar-refractivity contribution >= 4 is 28.8 Å². The number of aryl methyl sites for hydroxylation is 1. The Hall–Kier alpha value is -1.49. The van der Waals surface area contributed by atoms with Gasteiger partial charge in [-0.3, -0.25) is 9.59 Å². The number of fused-ring (bicyclic) bond motifs is 1. The van der Waals surface area contributed by atoms with Crippen molar-refractivity contribution in [3.8, 4) is 0 Å². The molecule has 4 nitrogen and oxygen atoms in total. The van der Waals surface area contributed by atoms with Gasteiger partial charge in [0.25, 0.3) is 0 Å². The Morgan fingerprint density at radius 1 is 1.53 bits per heavy atom. The van der Waals surface area contributed by atoms with Crippen LogP contribution in [0.1, 0.15) is 39.9 Å². The Balaban J connectivity index is 2.17. The second-order valence-electron chi connectivity index (χ2n) is 5.12. The van der Waals surface area contributed by atoms with E-state index in [9.17, 15) is 14.4 Å². The molecule has 5 heteroatoms. The number of hydrogen-bond donors (Lipinski definition) is 1. The average molecular weight is 279 g/mol. The third-order valence-corrected chi connectivity index (χ3v) is 4.67. The maximum Gasteiger partial charge on any atom is 0.221 e. The molecular formula is C14H17NO3S. The van der Waals surface area contributed by atoms with E-state index in [1.807, 2.05) is 13.0 Å². The second-order valence-corrected chi connectivity index (χ2v) is 6.46. The first-order valence-corrected chi connectivity index (χ1v) is 7.14. The lowest BCUT2D eigenvalue weighted by Crippen LogP contribution is -2.33. The first-order valence-electron chi connectivity index (χ1n) is 6.32. The lowest BCUT2D eigenvalue weighted by atomic mass is 9.84. The molecule has 1 aromatic heterocycles. The summed E-state index contributed by atoms with van der Waals surface area (Å²) in [6, 6.07) is 1.88. The van der Waals surface area contributed by atoms with Crippen LogP contribution >= 0.6 is 11.3 Å². The second kappa shape index (κ2) is 5.25. The van der Waals surface area contributed by atoms with E-state index in [1.165, 1.54) is 6.92 Å². The van der Waals surface area contributed by atoms with Crippen LogP contribution in [0.2, 0.25) is 0 Å². The molecule has 1 aliphatic carbocycles. The van der Waals surface area contributed by atoms with Gasteiger partial charge in [-0.1, -0.05) is 0 Å². The summed E-state index contributed by atoms with van der Waals surface area (Å²) in [7, 11) is 0. The molecular weight excluding hydrogens is 262 g/mol. The number of Topliss-reactive ketones (excluding diaryl/α,β-unsaturated/α-hetero) is 2. The lowest BCUT2D eigenvalue weighted by molar-refractivity contribution is -0.123. The first kappa shape index (κ1) is 13.9. The molecule has 1 aromatic rings. The minimum atomic E-state index is -0.531. The Kier molecular flexibility index (Phi) is 3.85. The maximum atomic E-state index is 12.3. The van der Waals surface area contributed by atoms with E-state index in [1.54, 1.807) is 11.3 Å². The van der Waals surface area contributed by atoms with Gasteiger partial charge in [0.05, 0.1) is 0 Å². The highest BCUT2D eigenvalue weighted by Gasteiger charge is 2.39. The Morgan fingerprint density at radius 2 is 2.21 bits per heavy atom. The number of primary amides is 1. The summed E-state index contributed by atoms with van der Waals surface area (Å²) >= 11 is 1.60. The molecule has 0 radical (unpaired) electrons. The molecule has 1 heterocycles. The van der Waals surface area contributed by atoms with Gasteiger partial charge in [0.1, 0.15) is 5.78 Å². The fraction of sp³-hybridized carbons (Fsp3) is 0.500. The third kappa shape index (κ3) is 2.76. The largest absolute Gasteiger partial charge is 0.369 e. The third-order valence-electron chi connectivity index (χ3n) is 3.60. The van der Waals surface area contributed by atoms with Crippen molar-refractivity contribution in [3.63, 3.8) is 0 Å². The van der Waals surface area contributed by atoms with Gasteiger partial charge in [0.2, 0.25) is 5.91 Å². The number of carbonyl (C=O) groups is 3. The first-order chi connectivity index (χ1) is 8.90. The number of nitrogens with two attached hydrogens (primary N) is 1. The van der Waals surface area contributed by atoms with Crippen molar-refractivity contribution in [1.29, 1.82) is 0 Å². The van der Waals surface area contributed by atoms with Crippen molar-refractivity contribution in [2.75, 3.05) is 0 Å². The molecule has 1 amide bonds. The van der Waals surface area contributed by atoms with E-state index < -0.39 is 11.8 Å². The number of hydrogen-bond acceptors (Lipinski definition) is 4. The minimum absolute atomic E-state index is 0.00621. The minimum Gasteiger partial charge on any atom is -0.369 e. The molecule has 0 spiro atoms. The quantitative estimate of drug-likeness (QED) is 0.894. The molecule has 2 atom stereocenters. The average Bonchev–Trinajstić information content (AvgIpc) is 2.78. The Bertz CT molecular complexity index is 547. The van der Waals surface area contributed by atoms with Crippen molar-refractivity contribution in [2.24, 2.45) is 17.6 Å². The van der Waals surface area contributed by atoms with E-state index >= 15 is 0 Å². The monoisotopic (exact) mass is 279 g/mol. The van der Waals surface area contributed by atoms with Crippen LogP contribution in [0.5, 0.6) is 0 Å². The van der Waals surface area contributed by atoms with Crippen LogP contribution in [-0.4, -0.2) is 17.5 Å². The molecule has 0 saturated heterocycles. The molecule has 0 aliphatic heterocycles. The standard InChI is InChI=1S/C14H17NO3S/c1-7(16)3-4-9(14(15)18)10-6-12-11(13(10)17)5-8(2)19-12/h5,9-10H,3-4,6H2,1-2H3,(H2,15,18). The van der Waals surface area contributed by atoms with E-state index in [-0.39, 0.29) is 17.5 Å². The van der Waals surface area contributed by atoms with Crippen molar-refractivity contribution in [1.82, 2.24) is 0 Å². The highest BCUT2D eigenvalue weighted by Crippen LogP contribution is 2.38. The summed E-state index contributed by atoms with van der Waals surface area (Å²) in [6.45, 7) is 3.45. The van der Waals surface area contributed by atoms with Gasteiger partial charge in [0, 0.05) is 33.6 Å². The number of ketones is 2. The summed E-state index contributed by atoms with van der Waals surface area (Å²) in [5.41, 5.74) is 6.14. The van der Waals surface area contributed by atoms with Crippen LogP contribution in [0.25, 0.3) is 0 Å². The maximum absolute atomic E-state index is 12.3. The lowest BCUT2D eigenvalue weighted by Gasteiger charge is -2.18. The smallest absolute Gasteiger partial charge is 0.221 e. The zero-order valence-corrected chi connectivity index (χ0v) is 11.9. The highest BCUT2D eigenvalue weighted by molar-refractivity contribution is 7.12. The van der Waals surface area contributed by atoms with Crippen LogP contribution in [0, 0.1) is 18.8 Å². The Morgan fingerprint density at radius 3 is 2.74 bits per heavy atom. The van der Waals surface area contributed by atoms with Gasteiger partial charge in [-0.2, -0.15) is 0 Å². The molecule has 19 heavy (non-hydrogen) atoms. The predicted molar refractivity (Wildman–Crippen MR) is 73.2 cm³/mol. The van der Waals surface area contributed by atoms with Gasteiger partial charge in [0.15, 0.2) is 5.78 Å². The van der Waals surface area contributed by atoms with E-state index in [0.717, 1.165) is 15.3 Å². The fourth-order valence-electron chi connectivity index (χ4n) is 2.64. The fourth-order valence-corrected chi connectivity index (χ4v) is 3.74. The van der Waals surface area contributed by atoms with E-state index in [2.05, 4.69) is 0 Å². The summed E-state index contributed by atoms with van der Waals surface area (Å²) in [5, 5.41) is 0. The van der Waals surface area contributed by atoms with Crippen LogP contribution in [-0.2, 0) is 16.0 Å². The summed E-state index contributed by atoms with van der Waals surface area (Å²) in [6.07, 6.45) is 1.25. The van der Waals surface area contributed by atoms with Crippen LogP contribution in [0.15, 0.2) is 6.07 Å². The Labute approximate surface area is 116 Å². The van der Waals surface area contributed by atoms with E-state index in [0.29, 0.717) is 19.3 Å². The molecule has 1 aliphatic rings.